The Morgan fingerprint density at radius 3 is 2.62 bits per heavy atom. The molecular formula is C10H14O3. The highest BCUT2D eigenvalue weighted by molar-refractivity contribution is 5.99. The Kier molecular flexibility index (Phi) is 3.25. The summed E-state index contributed by atoms with van der Waals surface area (Å²) in [5.41, 5.74) is 0.570. The zero-order valence-electron chi connectivity index (χ0n) is 8.11. The van der Waals surface area contributed by atoms with Crippen molar-refractivity contribution in [2.24, 2.45) is 5.92 Å². The van der Waals surface area contributed by atoms with Gasteiger partial charge in [0.2, 0.25) is 0 Å². The minimum atomic E-state index is -0.377. The predicted octanol–water partition coefficient (Wildman–Crippen LogP) is 2.13. The first-order valence-electron chi connectivity index (χ1n) is 4.26. The number of rotatable bonds is 4. The number of carbonyl (C=O) groups is 1. The van der Waals surface area contributed by atoms with Crippen LogP contribution in [-0.4, -0.2) is 19.0 Å². The fraction of sp³-hybridized carbons (Fsp3) is 0.500. The van der Waals surface area contributed by atoms with E-state index < -0.39 is 0 Å². The van der Waals surface area contributed by atoms with Crippen molar-refractivity contribution in [3.63, 3.8) is 0 Å². The van der Waals surface area contributed by atoms with Crippen LogP contribution in [0.4, 0.5) is 0 Å². The molecule has 0 aliphatic rings. The van der Waals surface area contributed by atoms with Crippen LogP contribution in [-0.2, 0) is 4.74 Å². The minimum absolute atomic E-state index is 0.0220. The van der Waals surface area contributed by atoms with E-state index in [4.69, 9.17) is 9.15 Å². The molecule has 0 fully saturated rings. The second kappa shape index (κ2) is 4.23. The second-order valence-corrected chi connectivity index (χ2v) is 3.28. The molecule has 0 aliphatic carbocycles. The molecule has 0 spiro atoms. The zero-order valence-corrected chi connectivity index (χ0v) is 8.11. The third-order valence-electron chi connectivity index (χ3n) is 1.92. The maximum absolute atomic E-state index is 11.7. The van der Waals surface area contributed by atoms with Gasteiger partial charge in [-0.05, 0) is 12.0 Å². The minimum Gasteiger partial charge on any atom is -0.472 e. The Balaban J connectivity index is 2.77. The van der Waals surface area contributed by atoms with Gasteiger partial charge < -0.3 is 9.15 Å². The fourth-order valence-electron chi connectivity index (χ4n) is 1.25. The highest BCUT2D eigenvalue weighted by atomic mass is 16.5. The summed E-state index contributed by atoms with van der Waals surface area (Å²) in [6, 6.07) is 1.65. The summed E-state index contributed by atoms with van der Waals surface area (Å²) in [4.78, 5) is 11.7. The van der Waals surface area contributed by atoms with Gasteiger partial charge in [0.1, 0.15) is 12.4 Å². The molecule has 3 nitrogen and oxygen atoms in total. The van der Waals surface area contributed by atoms with E-state index in [9.17, 15) is 4.79 Å². The SMILES string of the molecule is COC(C(=O)c1ccoc1)C(C)C. The van der Waals surface area contributed by atoms with Crippen LogP contribution in [0, 0.1) is 5.92 Å². The van der Waals surface area contributed by atoms with Crippen molar-refractivity contribution in [2.45, 2.75) is 20.0 Å². The second-order valence-electron chi connectivity index (χ2n) is 3.28. The summed E-state index contributed by atoms with van der Waals surface area (Å²) in [5.74, 6) is 0.152. The lowest BCUT2D eigenvalue weighted by atomic mass is 9.99. The third kappa shape index (κ3) is 2.18. The Morgan fingerprint density at radius 1 is 1.54 bits per heavy atom. The van der Waals surface area contributed by atoms with Gasteiger partial charge in [0.05, 0.1) is 11.8 Å². The standard InChI is InChI=1S/C10H14O3/c1-7(2)10(12-3)9(11)8-4-5-13-6-8/h4-7,10H,1-3H3. The molecule has 1 rings (SSSR count). The molecule has 1 heterocycles. The molecule has 3 heteroatoms. The van der Waals surface area contributed by atoms with E-state index in [1.807, 2.05) is 13.8 Å². The van der Waals surface area contributed by atoms with Gasteiger partial charge in [0.15, 0.2) is 5.78 Å². The summed E-state index contributed by atoms with van der Waals surface area (Å²) in [7, 11) is 1.54. The van der Waals surface area contributed by atoms with Gasteiger partial charge in [-0.2, -0.15) is 0 Å². The lowest BCUT2D eigenvalue weighted by Gasteiger charge is -2.16. The summed E-state index contributed by atoms with van der Waals surface area (Å²) in [6.45, 7) is 3.90. The number of ketones is 1. The van der Waals surface area contributed by atoms with Crippen LogP contribution < -0.4 is 0 Å². The number of methoxy groups -OCH3 is 1. The van der Waals surface area contributed by atoms with Crippen molar-refractivity contribution in [3.8, 4) is 0 Å². The van der Waals surface area contributed by atoms with Gasteiger partial charge in [-0.25, -0.2) is 0 Å². The predicted molar refractivity (Wildman–Crippen MR) is 48.7 cm³/mol. The topological polar surface area (TPSA) is 39.4 Å². The lowest BCUT2D eigenvalue weighted by Crippen LogP contribution is -2.28. The van der Waals surface area contributed by atoms with Crippen molar-refractivity contribution in [3.05, 3.63) is 24.2 Å². The van der Waals surface area contributed by atoms with E-state index in [1.165, 1.54) is 12.5 Å². The number of carbonyl (C=O) groups excluding carboxylic acids is 1. The van der Waals surface area contributed by atoms with Crippen molar-refractivity contribution >= 4 is 5.78 Å². The number of furan rings is 1. The fourth-order valence-corrected chi connectivity index (χ4v) is 1.25. The summed E-state index contributed by atoms with van der Waals surface area (Å²) in [6.07, 6.45) is 2.55. The monoisotopic (exact) mass is 182 g/mol. The summed E-state index contributed by atoms with van der Waals surface area (Å²) >= 11 is 0. The normalized spacial score (nSPS) is 13.2. The largest absolute Gasteiger partial charge is 0.472 e. The van der Waals surface area contributed by atoms with Gasteiger partial charge >= 0.3 is 0 Å². The summed E-state index contributed by atoms with van der Waals surface area (Å²) < 4.78 is 9.94. The average molecular weight is 182 g/mol. The maximum atomic E-state index is 11.7. The molecule has 1 aromatic rings. The van der Waals surface area contributed by atoms with Crippen molar-refractivity contribution in [2.75, 3.05) is 7.11 Å². The molecule has 0 aromatic carbocycles. The van der Waals surface area contributed by atoms with Crippen LogP contribution >= 0.6 is 0 Å². The van der Waals surface area contributed by atoms with Crippen LogP contribution in [0.3, 0.4) is 0 Å². The van der Waals surface area contributed by atoms with Gasteiger partial charge in [0.25, 0.3) is 0 Å². The Labute approximate surface area is 77.7 Å². The molecule has 0 radical (unpaired) electrons. The Morgan fingerprint density at radius 2 is 2.23 bits per heavy atom. The quantitative estimate of drug-likeness (QED) is 0.669. The molecule has 0 amide bonds. The molecule has 0 bridgehead atoms. The molecule has 1 aromatic heterocycles. The smallest absolute Gasteiger partial charge is 0.195 e. The van der Waals surface area contributed by atoms with Crippen LogP contribution in [0.25, 0.3) is 0 Å². The molecule has 0 aliphatic heterocycles. The third-order valence-corrected chi connectivity index (χ3v) is 1.92. The maximum Gasteiger partial charge on any atom is 0.195 e. The van der Waals surface area contributed by atoms with Crippen molar-refractivity contribution in [1.82, 2.24) is 0 Å². The van der Waals surface area contributed by atoms with Crippen LogP contribution in [0.5, 0.6) is 0 Å². The lowest BCUT2D eigenvalue weighted by molar-refractivity contribution is 0.0458. The zero-order chi connectivity index (χ0) is 9.84. The van der Waals surface area contributed by atoms with E-state index in [0.717, 1.165) is 0 Å². The highest BCUT2D eigenvalue weighted by Crippen LogP contribution is 2.13. The van der Waals surface area contributed by atoms with Gasteiger partial charge in [0, 0.05) is 7.11 Å². The first-order valence-corrected chi connectivity index (χ1v) is 4.26. The van der Waals surface area contributed by atoms with E-state index in [1.54, 1.807) is 13.2 Å². The van der Waals surface area contributed by atoms with Gasteiger partial charge in [-0.15, -0.1) is 0 Å². The molecule has 1 unspecified atom stereocenters. The van der Waals surface area contributed by atoms with Gasteiger partial charge in [-0.3, -0.25) is 4.79 Å². The average Bonchev–Trinajstić information content (AvgIpc) is 2.56. The number of Topliss-reactive ketones (excluding diaryl/α,β-unsaturated/α-hetero) is 1. The van der Waals surface area contributed by atoms with E-state index >= 15 is 0 Å². The van der Waals surface area contributed by atoms with E-state index in [-0.39, 0.29) is 17.8 Å². The van der Waals surface area contributed by atoms with Crippen molar-refractivity contribution < 1.29 is 13.9 Å². The molecular weight excluding hydrogens is 168 g/mol. The van der Waals surface area contributed by atoms with Crippen LogP contribution in [0.1, 0.15) is 24.2 Å². The number of hydrogen-bond donors (Lipinski definition) is 0. The molecule has 0 saturated heterocycles. The van der Waals surface area contributed by atoms with E-state index in [2.05, 4.69) is 0 Å². The first-order chi connectivity index (χ1) is 6.16. The highest BCUT2D eigenvalue weighted by Gasteiger charge is 2.23. The molecule has 72 valence electrons. The Bertz CT molecular complexity index is 262. The van der Waals surface area contributed by atoms with Crippen LogP contribution in [0.2, 0.25) is 0 Å². The summed E-state index contributed by atoms with van der Waals surface area (Å²) in [5, 5.41) is 0. The molecule has 1 atom stereocenters. The van der Waals surface area contributed by atoms with E-state index in [0.29, 0.717) is 5.56 Å². The molecule has 13 heavy (non-hydrogen) atoms. The first kappa shape index (κ1) is 9.99. The Hall–Kier alpha value is -1.09. The van der Waals surface area contributed by atoms with Crippen molar-refractivity contribution in [1.29, 1.82) is 0 Å². The van der Waals surface area contributed by atoms with Crippen LogP contribution in [0.15, 0.2) is 23.0 Å². The number of ether oxygens (including phenoxy) is 1. The number of hydrogen-bond acceptors (Lipinski definition) is 3. The molecule has 0 N–H and O–H groups in total. The molecule has 0 saturated carbocycles. The van der Waals surface area contributed by atoms with Gasteiger partial charge in [-0.1, -0.05) is 13.8 Å².